The third kappa shape index (κ3) is 2.24. The van der Waals surface area contributed by atoms with E-state index in [1.807, 2.05) is 0 Å². The predicted molar refractivity (Wildman–Crippen MR) is 69.1 cm³/mol. The van der Waals surface area contributed by atoms with Crippen LogP contribution in [0.5, 0.6) is 0 Å². The van der Waals surface area contributed by atoms with Crippen LogP contribution < -0.4 is 11.1 Å². The quantitative estimate of drug-likeness (QED) is 0.375. The molecule has 0 bridgehead atoms. The van der Waals surface area contributed by atoms with E-state index in [0.29, 0.717) is 0 Å². The van der Waals surface area contributed by atoms with E-state index in [0.717, 1.165) is 6.08 Å². The van der Waals surface area contributed by atoms with Crippen molar-refractivity contribution in [1.29, 1.82) is 0 Å². The van der Waals surface area contributed by atoms with Crippen molar-refractivity contribution in [3.05, 3.63) is 11.0 Å². The van der Waals surface area contributed by atoms with E-state index >= 15 is 0 Å². The smallest absolute Gasteiger partial charge is 0.333 e. The Kier molecular flexibility index (Phi) is 3.64. The van der Waals surface area contributed by atoms with Gasteiger partial charge in [0.25, 0.3) is 0 Å². The Morgan fingerprint density at radius 3 is 2.38 bits per heavy atom. The van der Waals surface area contributed by atoms with Gasteiger partial charge in [-0.3, -0.25) is 9.59 Å². The van der Waals surface area contributed by atoms with Gasteiger partial charge in [-0.25, -0.2) is 9.00 Å². The average Bonchev–Trinajstić information content (AvgIpc) is 3.01. The number of aliphatic carboxylic acids is 2. The normalized spacial score (nSPS) is 36.1. The number of hydrogen-bond acceptors (Lipinski definition) is 5. The molecule has 6 atom stereocenters. The number of carboxylic acid groups (broad SMARTS) is 2. The van der Waals surface area contributed by atoms with Crippen molar-refractivity contribution in [2.75, 3.05) is 0 Å². The SMILES string of the molecule is C[C@H](N)C(=O)N[C@@]1(C(=O)O)C=C(S(=O)O)[C@H]2[C@@H](C(=O)O)[C@@H]21. The summed E-state index contributed by atoms with van der Waals surface area (Å²) in [7, 11) is 0. The lowest BCUT2D eigenvalue weighted by Gasteiger charge is -2.27. The molecule has 2 aliphatic carbocycles. The Hall–Kier alpha value is -1.78. The lowest BCUT2D eigenvalue weighted by atomic mass is 9.92. The number of nitrogens with two attached hydrogens (primary N) is 1. The molecule has 1 saturated carbocycles. The van der Waals surface area contributed by atoms with Gasteiger partial charge in [-0.1, -0.05) is 0 Å². The first-order chi connectivity index (χ1) is 9.63. The molecule has 21 heavy (non-hydrogen) atoms. The summed E-state index contributed by atoms with van der Waals surface area (Å²) in [5.74, 6) is -6.55. The fourth-order valence-corrected chi connectivity index (χ4v) is 3.63. The van der Waals surface area contributed by atoms with E-state index in [-0.39, 0.29) is 4.91 Å². The first kappa shape index (κ1) is 15.6. The number of hydrogen-bond donors (Lipinski definition) is 5. The van der Waals surface area contributed by atoms with Crippen LogP contribution in [-0.2, 0) is 25.5 Å². The number of rotatable bonds is 5. The van der Waals surface area contributed by atoms with E-state index in [4.69, 9.17) is 10.8 Å². The highest BCUT2D eigenvalue weighted by atomic mass is 32.2. The zero-order valence-electron chi connectivity index (χ0n) is 10.8. The lowest BCUT2D eigenvalue weighted by molar-refractivity contribution is -0.147. The van der Waals surface area contributed by atoms with E-state index in [1.165, 1.54) is 6.92 Å². The summed E-state index contributed by atoms with van der Waals surface area (Å²) >= 11 is -2.50. The molecule has 0 radical (unpaired) electrons. The number of allylic oxidation sites excluding steroid dienone is 1. The van der Waals surface area contributed by atoms with Gasteiger partial charge in [0.15, 0.2) is 16.6 Å². The van der Waals surface area contributed by atoms with Crippen LogP contribution in [0.15, 0.2) is 11.0 Å². The van der Waals surface area contributed by atoms with Crippen molar-refractivity contribution in [2.24, 2.45) is 23.5 Å². The third-order valence-corrected chi connectivity index (χ3v) is 4.62. The van der Waals surface area contributed by atoms with Crippen molar-refractivity contribution >= 4 is 28.9 Å². The molecule has 0 aliphatic heterocycles. The summed E-state index contributed by atoms with van der Waals surface area (Å²) in [5.41, 5.74) is 3.35. The fraction of sp³-hybridized carbons (Fsp3) is 0.545. The Morgan fingerprint density at radius 1 is 1.43 bits per heavy atom. The Bertz CT molecular complexity index is 587. The first-order valence-electron chi connectivity index (χ1n) is 6.01. The molecule has 6 N–H and O–H groups in total. The highest BCUT2D eigenvalue weighted by Gasteiger charge is 2.73. The van der Waals surface area contributed by atoms with E-state index in [1.54, 1.807) is 0 Å². The molecule has 0 aromatic carbocycles. The molecule has 1 fully saturated rings. The van der Waals surface area contributed by atoms with Crippen LogP contribution in [0, 0.1) is 17.8 Å². The van der Waals surface area contributed by atoms with E-state index in [9.17, 15) is 28.3 Å². The van der Waals surface area contributed by atoms with Gasteiger partial charge in [0.2, 0.25) is 5.91 Å². The van der Waals surface area contributed by atoms with Gasteiger partial charge in [-0.2, -0.15) is 0 Å². The summed E-state index contributed by atoms with van der Waals surface area (Å²) in [5, 5.41) is 20.7. The fourth-order valence-electron chi connectivity index (χ4n) is 2.82. The molecule has 1 unspecified atom stereocenters. The van der Waals surface area contributed by atoms with Crippen molar-refractivity contribution in [3.8, 4) is 0 Å². The minimum absolute atomic E-state index is 0.195. The van der Waals surface area contributed by atoms with Crippen LogP contribution in [0.3, 0.4) is 0 Å². The molecule has 0 heterocycles. The zero-order chi connectivity index (χ0) is 16.1. The van der Waals surface area contributed by atoms with Crippen LogP contribution in [0.4, 0.5) is 0 Å². The van der Waals surface area contributed by atoms with Crippen LogP contribution in [0.25, 0.3) is 0 Å². The molecule has 2 rings (SSSR count). The number of nitrogens with one attached hydrogen (secondary N) is 1. The topological polar surface area (TPSA) is 167 Å². The second-order valence-electron chi connectivity index (χ2n) is 5.16. The molecule has 116 valence electrons. The van der Waals surface area contributed by atoms with E-state index < -0.39 is 58.3 Å². The summed E-state index contributed by atoms with van der Waals surface area (Å²) < 4.78 is 20.4. The number of carboxylic acids is 2. The van der Waals surface area contributed by atoms with Crippen molar-refractivity contribution in [2.45, 2.75) is 18.5 Å². The molecule has 0 spiro atoms. The summed E-state index contributed by atoms with van der Waals surface area (Å²) in [6, 6.07) is -1.00. The van der Waals surface area contributed by atoms with Gasteiger partial charge >= 0.3 is 11.9 Å². The Morgan fingerprint density at radius 2 is 2.00 bits per heavy atom. The number of fused-ring (bicyclic) bond motifs is 1. The summed E-state index contributed by atoms with van der Waals surface area (Å²) in [6.07, 6.45) is 0.959. The van der Waals surface area contributed by atoms with Gasteiger partial charge in [-0.15, -0.1) is 0 Å². The number of carbonyl (C=O) groups is 3. The minimum atomic E-state index is -2.50. The van der Waals surface area contributed by atoms with Crippen LogP contribution in [-0.4, -0.2) is 48.4 Å². The van der Waals surface area contributed by atoms with Gasteiger partial charge in [0, 0.05) is 16.7 Å². The maximum atomic E-state index is 11.7. The second-order valence-corrected chi connectivity index (χ2v) is 6.13. The monoisotopic (exact) mass is 318 g/mol. The highest BCUT2D eigenvalue weighted by Crippen LogP contribution is 2.62. The third-order valence-electron chi connectivity index (χ3n) is 3.83. The van der Waals surface area contributed by atoms with Crippen molar-refractivity contribution < 1.29 is 33.4 Å². The molecule has 2 aliphatic rings. The molecule has 0 saturated heterocycles. The molecule has 0 aromatic heterocycles. The second kappa shape index (κ2) is 4.90. The number of amides is 1. The molecular weight excluding hydrogens is 304 g/mol. The van der Waals surface area contributed by atoms with Crippen LogP contribution in [0.2, 0.25) is 0 Å². The van der Waals surface area contributed by atoms with Gasteiger partial charge in [0.05, 0.1) is 12.0 Å². The average molecular weight is 318 g/mol. The molecule has 10 heteroatoms. The molecule has 9 nitrogen and oxygen atoms in total. The minimum Gasteiger partial charge on any atom is -0.481 e. The number of carbonyl (C=O) groups excluding carboxylic acids is 1. The van der Waals surface area contributed by atoms with Crippen LogP contribution in [0.1, 0.15) is 6.92 Å². The maximum Gasteiger partial charge on any atom is 0.333 e. The lowest BCUT2D eigenvalue weighted by Crippen LogP contribution is -2.58. The summed E-state index contributed by atoms with van der Waals surface area (Å²) in [4.78, 5) is 34.2. The zero-order valence-corrected chi connectivity index (χ0v) is 11.7. The highest BCUT2D eigenvalue weighted by molar-refractivity contribution is 7.83. The molecule has 1 amide bonds. The predicted octanol–water partition coefficient (Wildman–Crippen LogP) is -1.66. The largest absolute Gasteiger partial charge is 0.481 e. The van der Waals surface area contributed by atoms with Gasteiger partial charge in [0.1, 0.15) is 0 Å². The van der Waals surface area contributed by atoms with Crippen LogP contribution >= 0.6 is 0 Å². The molecule has 0 aromatic rings. The summed E-state index contributed by atoms with van der Waals surface area (Å²) in [6.45, 7) is 1.34. The standard InChI is InChI=1S/C11H14N2O7S/c1-3(12)8(14)13-11(10(17)18)2-4(21(19)20)5-6(7(5)11)9(15)16/h2-3,5-7H,12H2,1H3,(H,13,14)(H,15,16)(H,17,18)(H,19,20)/t3-,5-,6+,7+,11-/m0/s1. The Labute approximate surface area is 121 Å². The Balaban J connectivity index is 2.45. The van der Waals surface area contributed by atoms with E-state index in [2.05, 4.69) is 5.32 Å². The van der Waals surface area contributed by atoms with Gasteiger partial charge in [-0.05, 0) is 13.0 Å². The van der Waals surface area contributed by atoms with Crippen molar-refractivity contribution in [1.82, 2.24) is 5.32 Å². The van der Waals surface area contributed by atoms with Gasteiger partial charge < -0.3 is 25.8 Å². The maximum absolute atomic E-state index is 11.7. The van der Waals surface area contributed by atoms with Crippen molar-refractivity contribution in [3.63, 3.8) is 0 Å². The first-order valence-corrected chi connectivity index (χ1v) is 7.11. The molecular formula is C11H14N2O7S.